The lowest BCUT2D eigenvalue weighted by Gasteiger charge is -2.42. The summed E-state index contributed by atoms with van der Waals surface area (Å²) in [5.74, 6) is 1.97. The monoisotopic (exact) mass is 572 g/mol. The molecule has 5 aromatic rings. The van der Waals surface area contributed by atoms with Crippen LogP contribution in [0.1, 0.15) is 58.0 Å². The van der Waals surface area contributed by atoms with Crippen LogP contribution < -0.4 is 4.74 Å². The van der Waals surface area contributed by atoms with E-state index in [1.54, 1.807) is 0 Å². The lowest BCUT2D eigenvalue weighted by atomic mass is 9.63. The van der Waals surface area contributed by atoms with Gasteiger partial charge in [0, 0.05) is 32.4 Å². The molecule has 206 valence electrons. The van der Waals surface area contributed by atoms with Gasteiger partial charge in [-0.2, -0.15) is 0 Å². The predicted molar refractivity (Wildman–Crippen MR) is 175 cm³/mol. The number of para-hydroxylation sites is 2. The average Bonchev–Trinajstić information content (AvgIpc) is 3.68. The van der Waals surface area contributed by atoms with Crippen LogP contribution in [-0.4, -0.2) is 10.2 Å². The molecule has 0 bridgehead atoms. The predicted octanol–water partition coefficient (Wildman–Crippen LogP) is 9.92. The second-order valence-electron chi connectivity index (χ2n) is 11.5. The molecule has 0 N–H and O–H groups in total. The molecular formula is C39H28N2OS. The molecule has 2 aliphatic heterocycles. The van der Waals surface area contributed by atoms with Crippen molar-refractivity contribution >= 4 is 22.2 Å². The third-order valence-electron chi connectivity index (χ3n) is 9.32. The van der Waals surface area contributed by atoms with E-state index in [1.807, 2.05) is 30.0 Å². The Balaban J connectivity index is 1.14. The Hall–Kier alpha value is -4.67. The van der Waals surface area contributed by atoms with Gasteiger partial charge in [0.05, 0.1) is 16.8 Å². The van der Waals surface area contributed by atoms with Crippen LogP contribution in [0.4, 0.5) is 0 Å². The number of hydrogen-bond acceptors (Lipinski definition) is 4. The van der Waals surface area contributed by atoms with Gasteiger partial charge < -0.3 is 4.74 Å². The third kappa shape index (κ3) is 3.63. The van der Waals surface area contributed by atoms with Gasteiger partial charge >= 0.3 is 0 Å². The summed E-state index contributed by atoms with van der Waals surface area (Å²) in [6, 6.07) is 38.9. The van der Waals surface area contributed by atoms with Gasteiger partial charge in [-0.3, -0.25) is 0 Å². The smallest absolute Gasteiger partial charge is 0.136 e. The summed E-state index contributed by atoms with van der Waals surface area (Å²) in [6.07, 6.45) is 10.0. The van der Waals surface area contributed by atoms with Gasteiger partial charge in [0.25, 0.3) is 0 Å². The molecule has 0 fully saturated rings. The topological polar surface area (TPSA) is 35.0 Å². The zero-order chi connectivity index (χ0) is 28.4. The van der Waals surface area contributed by atoms with E-state index in [2.05, 4.69) is 119 Å². The Morgan fingerprint density at radius 3 is 2.37 bits per heavy atom. The van der Waals surface area contributed by atoms with Crippen molar-refractivity contribution in [2.45, 2.75) is 29.9 Å². The van der Waals surface area contributed by atoms with E-state index >= 15 is 0 Å². The first-order chi connectivity index (χ1) is 21.3. The van der Waals surface area contributed by atoms with Gasteiger partial charge in [-0.15, -0.1) is 22.0 Å². The summed E-state index contributed by atoms with van der Waals surface area (Å²) < 4.78 is 6.90. The van der Waals surface area contributed by atoms with Crippen LogP contribution in [0.15, 0.2) is 133 Å². The Morgan fingerprint density at radius 2 is 1.49 bits per heavy atom. The maximum atomic E-state index is 6.90. The second kappa shape index (κ2) is 9.68. The summed E-state index contributed by atoms with van der Waals surface area (Å²) in [5, 5.41) is 9.42. The Morgan fingerprint density at radius 1 is 0.721 bits per heavy atom. The van der Waals surface area contributed by atoms with Crippen LogP contribution >= 0.6 is 11.8 Å². The van der Waals surface area contributed by atoms with E-state index in [0.29, 0.717) is 0 Å². The van der Waals surface area contributed by atoms with Crippen molar-refractivity contribution in [1.29, 1.82) is 0 Å². The summed E-state index contributed by atoms with van der Waals surface area (Å²) >= 11 is 1.87. The molecule has 2 unspecified atom stereocenters. The third-order valence-corrected chi connectivity index (χ3v) is 10.7. The van der Waals surface area contributed by atoms with Crippen LogP contribution in [0.5, 0.6) is 11.5 Å². The van der Waals surface area contributed by atoms with E-state index in [0.717, 1.165) is 47.7 Å². The van der Waals surface area contributed by atoms with E-state index in [1.165, 1.54) is 43.9 Å². The first-order valence-electron chi connectivity index (χ1n) is 15.0. The minimum Gasteiger partial charge on any atom is -0.456 e. The largest absolute Gasteiger partial charge is 0.456 e. The van der Waals surface area contributed by atoms with Gasteiger partial charge in [0.1, 0.15) is 11.5 Å². The number of allylic oxidation sites excluding steroid dienone is 5. The lowest BCUT2D eigenvalue weighted by Crippen LogP contribution is -2.34. The van der Waals surface area contributed by atoms with Gasteiger partial charge in [0.15, 0.2) is 0 Å². The van der Waals surface area contributed by atoms with Crippen molar-refractivity contribution in [3.8, 4) is 22.8 Å². The molecule has 4 aliphatic rings. The normalized spacial score (nSPS) is 21.1. The first-order valence-corrected chi connectivity index (χ1v) is 15.9. The molecule has 3 heterocycles. The Bertz CT molecular complexity index is 2010. The minimum absolute atomic E-state index is 0.235. The molecule has 1 aromatic heterocycles. The van der Waals surface area contributed by atoms with Gasteiger partial charge in [0.2, 0.25) is 0 Å². The highest BCUT2D eigenvalue weighted by Gasteiger charge is 2.52. The first kappa shape index (κ1) is 24.9. The fourth-order valence-electron chi connectivity index (χ4n) is 7.51. The SMILES string of the molecule is C1=CC2=C(CC1)C1(c3ccccc3Oc3c(C4CC=C(c5ccc(-c6ccccc6)nn5)S4)cccc31)c1ccccc12. The molecule has 1 spiro atoms. The van der Waals surface area contributed by atoms with Crippen molar-refractivity contribution in [2.75, 3.05) is 0 Å². The molecule has 4 aromatic carbocycles. The van der Waals surface area contributed by atoms with Crippen LogP contribution in [-0.2, 0) is 5.41 Å². The van der Waals surface area contributed by atoms with Crippen molar-refractivity contribution in [3.63, 3.8) is 0 Å². The highest BCUT2D eigenvalue weighted by Crippen LogP contribution is 2.64. The molecule has 43 heavy (non-hydrogen) atoms. The summed E-state index contributed by atoms with van der Waals surface area (Å²) in [4.78, 5) is 1.18. The van der Waals surface area contributed by atoms with E-state index in [-0.39, 0.29) is 10.7 Å². The maximum absolute atomic E-state index is 6.90. The average molecular weight is 573 g/mol. The van der Waals surface area contributed by atoms with Crippen LogP contribution in [0, 0.1) is 0 Å². The molecule has 0 saturated carbocycles. The van der Waals surface area contributed by atoms with Crippen molar-refractivity contribution in [2.24, 2.45) is 0 Å². The highest BCUT2D eigenvalue weighted by atomic mass is 32.2. The van der Waals surface area contributed by atoms with Crippen LogP contribution in [0.25, 0.3) is 21.7 Å². The fourth-order valence-corrected chi connectivity index (χ4v) is 8.75. The van der Waals surface area contributed by atoms with Crippen molar-refractivity contribution in [1.82, 2.24) is 10.2 Å². The number of nitrogens with zero attached hydrogens (tertiary/aromatic N) is 2. The zero-order valence-corrected chi connectivity index (χ0v) is 24.4. The quantitative estimate of drug-likeness (QED) is 0.216. The molecular weight excluding hydrogens is 545 g/mol. The molecule has 0 saturated heterocycles. The number of rotatable bonds is 3. The zero-order valence-electron chi connectivity index (χ0n) is 23.5. The number of thioether (sulfide) groups is 1. The van der Waals surface area contributed by atoms with Crippen LogP contribution in [0.2, 0.25) is 0 Å². The van der Waals surface area contributed by atoms with E-state index < -0.39 is 0 Å². The van der Waals surface area contributed by atoms with E-state index in [4.69, 9.17) is 4.74 Å². The lowest BCUT2D eigenvalue weighted by molar-refractivity contribution is 0.426. The molecule has 2 atom stereocenters. The number of benzene rings is 4. The summed E-state index contributed by atoms with van der Waals surface area (Å²) in [5.41, 5.74) is 11.9. The number of ether oxygens (including phenoxy) is 1. The van der Waals surface area contributed by atoms with Gasteiger partial charge in [-0.05, 0) is 59.7 Å². The molecule has 2 aliphatic carbocycles. The number of hydrogen-bond donors (Lipinski definition) is 0. The Labute approximate surface area is 255 Å². The van der Waals surface area contributed by atoms with Crippen molar-refractivity contribution in [3.05, 3.63) is 167 Å². The standard InChI is InChI=1S/C39H28N2OS/c1-2-11-25(12-3-1)33-21-22-34(41-40-33)37-24-23-36(43-37)28-15-10-19-32-38(28)42-35-20-9-8-18-31(35)39(32)29-16-6-4-13-26(29)27-14-5-7-17-30(27)39/h1-6,8-16,18-22,24,36H,7,17,23H2. The van der Waals surface area contributed by atoms with Gasteiger partial charge in [-0.25, -0.2) is 0 Å². The molecule has 3 nitrogen and oxygen atoms in total. The highest BCUT2D eigenvalue weighted by molar-refractivity contribution is 8.08. The Kier molecular flexibility index (Phi) is 5.60. The number of aromatic nitrogens is 2. The van der Waals surface area contributed by atoms with E-state index in [9.17, 15) is 0 Å². The van der Waals surface area contributed by atoms with Crippen molar-refractivity contribution < 1.29 is 4.74 Å². The summed E-state index contributed by atoms with van der Waals surface area (Å²) in [6.45, 7) is 0. The van der Waals surface area contributed by atoms with Crippen LogP contribution in [0.3, 0.4) is 0 Å². The maximum Gasteiger partial charge on any atom is 0.136 e. The molecule has 0 radical (unpaired) electrons. The molecule has 4 heteroatoms. The fraction of sp³-hybridized carbons (Fsp3) is 0.128. The minimum atomic E-state index is -0.352. The molecule has 0 amide bonds. The number of fused-ring (bicyclic) bond motifs is 8. The second-order valence-corrected chi connectivity index (χ2v) is 12.8. The van der Waals surface area contributed by atoms with Gasteiger partial charge in [-0.1, -0.05) is 109 Å². The summed E-state index contributed by atoms with van der Waals surface area (Å²) in [7, 11) is 0. The molecule has 9 rings (SSSR count).